The number of hydrogen-bond acceptors (Lipinski definition) is 1. The summed E-state index contributed by atoms with van der Waals surface area (Å²) < 4.78 is 28.3. The second kappa shape index (κ2) is 4.17. The van der Waals surface area contributed by atoms with Gasteiger partial charge in [0.1, 0.15) is 0 Å². The fourth-order valence-electron chi connectivity index (χ4n) is 1.66. The molecule has 2 aromatic rings. The van der Waals surface area contributed by atoms with Gasteiger partial charge in [0.2, 0.25) is 0 Å². The van der Waals surface area contributed by atoms with E-state index in [1.807, 2.05) is 6.92 Å². The van der Waals surface area contributed by atoms with Crippen molar-refractivity contribution in [3.8, 4) is 0 Å². The minimum Gasteiger partial charge on any atom is -0.399 e. The van der Waals surface area contributed by atoms with Gasteiger partial charge >= 0.3 is 0 Å². The largest absolute Gasteiger partial charge is 0.399 e. The fourth-order valence-corrected chi connectivity index (χ4v) is 1.66. The summed E-state index contributed by atoms with van der Waals surface area (Å²) in [5.74, 6) is -3.01. The van der Waals surface area contributed by atoms with Crippen molar-refractivity contribution in [2.45, 2.75) is 12.8 Å². The van der Waals surface area contributed by atoms with Gasteiger partial charge in [0.05, 0.1) is 0 Å². The third-order valence-corrected chi connectivity index (χ3v) is 2.66. The molecule has 88 valence electrons. The molecule has 0 saturated carbocycles. The number of rotatable bonds is 2. The van der Waals surface area contributed by atoms with Crippen LogP contribution in [-0.4, -0.2) is 0 Å². The summed E-state index contributed by atoms with van der Waals surface area (Å²) >= 11 is 0. The number of aryl methyl sites for hydroxylation is 1. The Balaban J connectivity index is 2.45. The van der Waals surface area contributed by atoms with Gasteiger partial charge in [-0.3, -0.25) is 0 Å². The predicted molar refractivity (Wildman–Crippen MR) is 65.0 cm³/mol. The number of hydrogen-bond donors (Lipinski definition) is 1. The minimum absolute atomic E-state index is 0.0197. The van der Waals surface area contributed by atoms with E-state index in [4.69, 9.17) is 5.73 Å². The van der Waals surface area contributed by atoms with E-state index in [2.05, 4.69) is 0 Å². The standard InChI is InChI=1S/C14H13F2N/c1-10-5-7-11(8-6-10)14(15,16)12-3-2-4-13(17)9-12/h2-9H,17H2,1H3. The van der Waals surface area contributed by atoms with Gasteiger partial charge in [0.15, 0.2) is 0 Å². The van der Waals surface area contributed by atoms with Crippen molar-refractivity contribution in [3.05, 3.63) is 65.2 Å². The van der Waals surface area contributed by atoms with Gasteiger partial charge in [-0.05, 0) is 19.1 Å². The Morgan fingerprint density at radius 3 is 2.18 bits per heavy atom. The Morgan fingerprint density at radius 1 is 0.941 bits per heavy atom. The van der Waals surface area contributed by atoms with Crippen molar-refractivity contribution >= 4 is 5.69 Å². The molecule has 0 radical (unpaired) electrons. The van der Waals surface area contributed by atoms with Crippen molar-refractivity contribution < 1.29 is 8.78 Å². The highest BCUT2D eigenvalue weighted by molar-refractivity contribution is 5.45. The van der Waals surface area contributed by atoms with Crippen molar-refractivity contribution in [2.75, 3.05) is 5.73 Å². The molecule has 17 heavy (non-hydrogen) atoms. The van der Waals surface area contributed by atoms with Crippen LogP contribution in [0.3, 0.4) is 0 Å². The molecule has 0 aliphatic heterocycles. The minimum atomic E-state index is -3.01. The Labute approximate surface area is 98.9 Å². The van der Waals surface area contributed by atoms with E-state index in [1.54, 1.807) is 18.2 Å². The van der Waals surface area contributed by atoms with Crippen LogP contribution in [0.2, 0.25) is 0 Å². The van der Waals surface area contributed by atoms with Gasteiger partial charge in [-0.1, -0.05) is 42.0 Å². The van der Waals surface area contributed by atoms with Crippen LogP contribution in [-0.2, 0) is 5.92 Å². The van der Waals surface area contributed by atoms with Crippen molar-refractivity contribution in [2.24, 2.45) is 0 Å². The van der Waals surface area contributed by atoms with E-state index < -0.39 is 5.92 Å². The zero-order valence-electron chi connectivity index (χ0n) is 9.45. The van der Waals surface area contributed by atoms with Crippen molar-refractivity contribution in [1.29, 1.82) is 0 Å². The molecule has 0 saturated heterocycles. The van der Waals surface area contributed by atoms with Crippen LogP contribution >= 0.6 is 0 Å². The monoisotopic (exact) mass is 233 g/mol. The summed E-state index contributed by atoms with van der Waals surface area (Å²) in [6.07, 6.45) is 0. The number of benzene rings is 2. The SMILES string of the molecule is Cc1ccc(C(F)(F)c2cccc(N)c2)cc1. The first kappa shape index (κ1) is 11.6. The highest BCUT2D eigenvalue weighted by Gasteiger charge is 2.33. The lowest BCUT2D eigenvalue weighted by Gasteiger charge is -2.17. The number of alkyl halides is 2. The molecule has 2 aromatic carbocycles. The summed E-state index contributed by atoms with van der Waals surface area (Å²) in [7, 11) is 0. The van der Waals surface area contributed by atoms with Crippen LogP contribution in [0.1, 0.15) is 16.7 Å². The summed E-state index contributed by atoms with van der Waals surface area (Å²) in [6.45, 7) is 1.86. The topological polar surface area (TPSA) is 26.0 Å². The number of nitrogens with two attached hydrogens (primary N) is 1. The lowest BCUT2D eigenvalue weighted by molar-refractivity contribution is 0.0429. The summed E-state index contributed by atoms with van der Waals surface area (Å²) in [6, 6.07) is 12.1. The fraction of sp³-hybridized carbons (Fsp3) is 0.143. The van der Waals surface area contributed by atoms with Crippen LogP contribution in [0, 0.1) is 6.92 Å². The summed E-state index contributed by atoms with van der Waals surface area (Å²) in [5, 5.41) is 0. The Morgan fingerprint density at radius 2 is 1.59 bits per heavy atom. The second-order valence-corrected chi connectivity index (χ2v) is 4.07. The predicted octanol–water partition coefficient (Wildman–Crippen LogP) is 3.72. The Kier molecular flexibility index (Phi) is 2.84. The quantitative estimate of drug-likeness (QED) is 0.786. The van der Waals surface area contributed by atoms with E-state index in [9.17, 15) is 8.78 Å². The Bertz CT molecular complexity index is 518. The van der Waals surface area contributed by atoms with E-state index in [0.29, 0.717) is 5.69 Å². The molecule has 0 atom stereocenters. The molecule has 0 aliphatic carbocycles. The second-order valence-electron chi connectivity index (χ2n) is 4.07. The molecule has 0 aliphatic rings. The maximum atomic E-state index is 14.1. The molecule has 0 fully saturated rings. The first-order chi connectivity index (χ1) is 8.00. The number of nitrogen functional groups attached to an aromatic ring is 1. The van der Waals surface area contributed by atoms with Crippen LogP contribution in [0.5, 0.6) is 0 Å². The molecule has 0 aromatic heterocycles. The number of anilines is 1. The average molecular weight is 233 g/mol. The van der Waals surface area contributed by atoms with Crippen molar-refractivity contribution in [1.82, 2.24) is 0 Å². The molecule has 0 spiro atoms. The highest BCUT2D eigenvalue weighted by atomic mass is 19.3. The lowest BCUT2D eigenvalue weighted by atomic mass is 9.99. The summed E-state index contributed by atoms with van der Waals surface area (Å²) in [4.78, 5) is 0. The molecule has 1 nitrogen and oxygen atoms in total. The zero-order chi connectivity index (χ0) is 12.5. The maximum Gasteiger partial charge on any atom is 0.298 e. The maximum absolute atomic E-state index is 14.1. The molecule has 0 amide bonds. The molecule has 0 heterocycles. The van der Waals surface area contributed by atoms with Gasteiger partial charge in [-0.2, -0.15) is 8.78 Å². The molecule has 0 unspecified atom stereocenters. The third-order valence-electron chi connectivity index (χ3n) is 2.66. The van der Waals surface area contributed by atoms with E-state index in [1.165, 1.54) is 30.3 Å². The molecule has 2 rings (SSSR count). The van der Waals surface area contributed by atoms with Crippen LogP contribution < -0.4 is 5.73 Å². The van der Waals surface area contributed by atoms with Crippen LogP contribution in [0.15, 0.2) is 48.5 Å². The first-order valence-corrected chi connectivity index (χ1v) is 5.31. The molecular formula is C14H13F2N. The van der Waals surface area contributed by atoms with E-state index in [-0.39, 0.29) is 11.1 Å². The van der Waals surface area contributed by atoms with E-state index >= 15 is 0 Å². The van der Waals surface area contributed by atoms with Gasteiger partial charge in [0, 0.05) is 16.8 Å². The molecule has 0 bridgehead atoms. The third kappa shape index (κ3) is 2.28. The molecule has 3 heteroatoms. The summed E-state index contributed by atoms with van der Waals surface area (Å²) in [5.41, 5.74) is 6.72. The Hall–Kier alpha value is -1.90. The van der Waals surface area contributed by atoms with E-state index in [0.717, 1.165) is 5.56 Å². The molecule has 2 N–H and O–H groups in total. The highest BCUT2D eigenvalue weighted by Crippen LogP contribution is 2.36. The average Bonchev–Trinajstić information content (AvgIpc) is 2.29. The van der Waals surface area contributed by atoms with Crippen LogP contribution in [0.25, 0.3) is 0 Å². The van der Waals surface area contributed by atoms with Gasteiger partial charge in [-0.25, -0.2) is 0 Å². The normalized spacial score (nSPS) is 11.5. The lowest BCUT2D eigenvalue weighted by Crippen LogP contribution is -2.15. The molecular weight excluding hydrogens is 220 g/mol. The zero-order valence-corrected chi connectivity index (χ0v) is 9.45. The smallest absolute Gasteiger partial charge is 0.298 e. The van der Waals surface area contributed by atoms with Gasteiger partial charge < -0.3 is 5.73 Å². The van der Waals surface area contributed by atoms with Crippen molar-refractivity contribution in [3.63, 3.8) is 0 Å². The first-order valence-electron chi connectivity index (χ1n) is 5.31. The number of halogens is 2. The van der Waals surface area contributed by atoms with Crippen LogP contribution in [0.4, 0.5) is 14.5 Å². The van der Waals surface area contributed by atoms with Gasteiger partial charge in [0.25, 0.3) is 5.92 Å². The van der Waals surface area contributed by atoms with Gasteiger partial charge in [-0.15, -0.1) is 0 Å².